The predicted octanol–water partition coefficient (Wildman–Crippen LogP) is 2.10. The van der Waals surface area contributed by atoms with Gasteiger partial charge in [-0.1, -0.05) is 5.16 Å². The normalized spacial score (nSPS) is 10.1. The zero-order chi connectivity index (χ0) is 16.8. The molecule has 1 aromatic carbocycles. The molecule has 0 aliphatic carbocycles. The van der Waals surface area contributed by atoms with Gasteiger partial charge in [-0.3, -0.25) is 14.9 Å². The van der Waals surface area contributed by atoms with Crippen LogP contribution in [0.4, 0.5) is 11.5 Å². The lowest BCUT2D eigenvalue weighted by Crippen LogP contribution is -2.21. The third-order valence-corrected chi connectivity index (χ3v) is 3.44. The molecule has 23 heavy (non-hydrogen) atoms. The Labute approximate surface area is 134 Å². The van der Waals surface area contributed by atoms with Gasteiger partial charge in [0.1, 0.15) is 6.26 Å². The summed E-state index contributed by atoms with van der Waals surface area (Å²) >= 11 is 1.19. The number of nitro benzene ring substituents is 1. The van der Waals surface area contributed by atoms with Gasteiger partial charge < -0.3 is 14.6 Å². The van der Waals surface area contributed by atoms with E-state index in [0.717, 1.165) is 6.07 Å². The van der Waals surface area contributed by atoms with E-state index in [2.05, 4.69) is 15.0 Å². The smallest absolute Gasteiger partial charge is 0.338 e. The summed E-state index contributed by atoms with van der Waals surface area (Å²) in [6.45, 7) is -0.552. The van der Waals surface area contributed by atoms with Crippen LogP contribution in [0.5, 0.6) is 0 Å². The number of rotatable bonds is 6. The minimum absolute atomic E-state index is 0.0104. The van der Waals surface area contributed by atoms with E-state index in [1.165, 1.54) is 36.2 Å². The van der Waals surface area contributed by atoms with Crippen LogP contribution in [0.2, 0.25) is 0 Å². The third-order valence-electron chi connectivity index (χ3n) is 2.65. The van der Waals surface area contributed by atoms with Crippen molar-refractivity contribution in [2.75, 3.05) is 18.2 Å². The fourth-order valence-electron chi connectivity index (χ4n) is 1.63. The third kappa shape index (κ3) is 4.30. The Balaban J connectivity index is 1.99. The fraction of sp³-hybridized carbons (Fsp3) is 0.154. The Hall–Kier alpha value is -2.88. The summed E-state index contributed by atoms with van der Waals surface area (Å²) in [7, 11) is 0. The van der Waals surface area contributed by atoms with Gasteiger partial charge in [-0.25, -0.2) is 4.79 Å². The average Bonchev–Trinajstić information content (AvgIpc) is 3.04. The predicted molar refractivity (Wildman–Crippen MR) is 80.3 cm³/mol. The highest BCUT2D eigenvalue weighted by molar-refractivity contribution is 7.98. The first-order chi connectivity index (χ1) is 11.0. The van der Waals surface area contributed by atoms with Crippen molar-refractivity contribution in [2.24, 2.45) is 0 Å². The van der Waals surface area contributed by atoms with Crippen LogP contribution in [0.3, 0.4) is 0 Å². The molecule has 0 bridgehead atoms. The van der Waals surface area contributed by atoms with Crippen LogP contribution in [-0.2, 0) is 9.53 Å². The van der Waals surface area contributed by atoms with Gasteiger partial charge in [-0.2, -0.15) is 0 Å². The molecule has 0 saturated carbocycles. The van der Waals surface area contributed by atoms with Crippen molar-refractivity contribution in [3.8, 4) is 0 Å². The van der Waals surface area contributed by atoms with Crippen LogP contribution < -0.4 is 5.32 Å². The lowest BCUT2D eigenvalue weighted by molar-refractivity contribution is -0.387. The number of carbonyl (C=O) groups is 2. The lowest BCUT2D eigenvalue weighted by atomic mass is 10.2. The molecule has 1 N–H and O–H groups in total. The van der Waals surface area contributed by atoms with Gasteiger partial charge >= 0.3 is 5.97 Å². The number of carbonyl (C=O) groups excluding carboxylic acids is 2. The van der Waals surface area contributed by atoms with Crippen molar-refractivity contribution in [1.29, 1.82) is 0 Å². The number of benzene rings is 1. The van der Waals surface area contributed by atoms with E-state index >= 15 is 0 Å². The first kappa shape index (κ1) is 16.5. The molecule has 10 heteroatoms. The number of anilines is 1. The van der Waals surface area contributed by atoms with Crippen molar-refractivity contribution < 1.29 is 23.8 Å². The van der Waals surface area contributed by atoms with Crippen molar-refractivity contribution in [3.63, 3.8) is 0 Å². The Morgan fingerprint density at radius 1 is 1.43 bits per heavy atom. The zero-order valence-electron chi connectivity index (χ0n) is 11.8. The first-order valence-corrected chi connectivity index (χ1v) is 7.43. The fourth-order valence-corrected chi connectivity index (χ4v) is 2.18. The van der Waals surface area contributed by atoms with E-state index in [1.54, 1.807) is 6.26 Å². The monoisotopic (exact) mass is 337 g/mol. The molecule has 9 nitrogen and oxygen atoms in total. The number of aromatic nitrogens is 1. The SMILES string of the molecule is CSc1ccc(C(=O)OCC(=O)Nc2ccon2)cc1[N+](=O)[O-]. The van der Waals surface area contributed by atoms with Crippen LogP contribution in [0.15, 0.2) is 39.9 Å². The second kappa shape index (κ2) is 7.40. The molecule has 0 radical (unpaired) electrons. The molecule has 1 heterocycles. The quantitative estimate of drug-likeness (QED) is 0.368. The summed E-state index contributed by atoms with van der Waals surface area (Å²) in [6.07, 6.45) is 2.96. The highest BCUT2D eigenvalue weighted by Gasteiger charge is 2.18. The minimum atomic E-state index is -0.837. The second-order valence-corrected chi connectivity index (χ2v) is 5.00. The molecule has 0 aliphatic heterocycles. The number of nitrogens with zero attached hydrogens (tertiary/aromatic N) is 2. The van der Waals surface area contributed by atoms with Gasteiger partial charge in [0.25, 0.3) is 11.6 Å². The largest absolute Gasteiger partial charge is 0.452 e. The topological polar surface area (TPSA) is 125 Å². The van der Waals surface area contributed by atoms with Crippen LogP contribution in [0.25, 0.3) is 0 Å². The second-order valence-electron chi connectivity index (χ2n) is 4.15. The summed E-state index contributed by atoms with van der Waals surface area (Å²) in [5, 5.41) is 16.8. The van der Waals surface area contributed by atoms with Gasteiger partial charge in [-0.15, -0.1) is 11.8 Å². The van der Waals surface area contributed by atoms with Crippen LogP contribution in [-0.4, -0.2) is 34.8 Å². The first-order valence-electron chi connectivity index (χ1n) is 6.21. The number of amides is 1. The van der Waals surface area contributed by atoms with Crippen molar-refractivity contribution in [1.82, 2.24) is 5.16 Å². The highest BCUT2D eigenvalue weighted by Crippen LogP contribution is 2.28. The maximum absolute atomic E-state index is 11.9. The standard InChI is InChI=1S/C13H11N3O6S/c1-23-10-3-2-8(6-9(10)16(19)20)13(18)21-7-12(17)14-11-4-5-22-15-11/h2-6H,7H2,1H3,(H,14,15,17). The molecule has 2 aromatic rings. The Bertz CT molecular complexity index is 731. The van der Waals surface area contributed by atoms with E-state index in [9.17, 15) is 19.7 Å². The molecule has 1 aromatic heterocycles. The molecule has 0 fully saturated rings. The summed E-state index contributed by atoms with van der Waals surface area (Å²) in [6, 6.07) is 5.39. The van der Waals surface area contributed by atoms with E-state index in [-0.39, 0.29) is 17.1 Å². The molecular weight excluding hydrogens is 326 g/mol. The summed E-state index contributed by atoms with van der Waals surface area (Å²) in [5.41, 5.74) is -0.206. The highest BCUT2D eigenvalue weighted by atomic mass is 32.2. The van der Waals surface area contributed by atoms with Gasteiger partial charge in [-0.05, 0) is 18.4 Å². The van der Waals surface area contributed by atoms with Crippen molar-refractivity contribution >= 4 is 35.1 Å². The van der Waals surface area contributed by atoms with E-state index in [1.807, 2.05) is 0 Å². The number of thioether (sulfide) groups is 1. The van der Waals surface area contributed by atoms with Crippen molar-refractivity contribution in [3.05, 3.63) is 46.2 Å². The maximum atomic E-state index is 11.9. The molecular formula is C13H11N3O6S. The molecule has 1 amide bonds. The number of nitrogens with one attached hydrogen (secondary N) is 1. The molecule has 0 aliphatic rings. The number of hydrogen-bond acceptors (Lipinski definition) is 8. The molecule has 0 saturated heterocycles. The van der Waals surface area contributed by atoms with Gasteiger partial charge in [0, 0.05) is 12.1 Å². The van der Waals surface area contributed by atoms with Crippen LogP contribution in [0.1, 0.15) is 10.4 Å². The lowest BCUT2D eigenvalue weighted by Gasteiger charge is -2.06. The molecule has 0 atom stereocenters. The van der Waals surface area contributed by atoms with Crippen LogP contribution in [0, 0.1) is 10.1 Å². The Kier molecular flexibility index (Phi) is 5.31. The Morgan fingerprint density at radius 3 is 2.83 bits per heavy atom. The maximum Gasteiger partial charge on any atom is 0.338 e. The Morgan fingerprint density at radius 2 is 2.22 bits per heavy atom. The molecule has 0 unspecified atom stereocenters. The number of nitro groups is 1. The van der Waals surface area contributed by atoms with E-state index in [0.29, 0.717) is 4.90 Å². The number of hydrogen-bond donors (Lipinski definition) is 1. The molecule has 120 valence electrons. The summed E-state index contributed by atoms with van der Waals surface area (Å²) in [4.78, 5) is 34.2. The van der Waals surface area contributed by atoms with Crippen molar-refractivity contribution in [2.45, 2.75) is 4.90 Å². The minimum Gasteiger partial charge on any atom is -0.452 e. The molecule has 2 rings (SSSR count). The zero-order valence-corrected chi connectivity index (χ0v) is 12.7. The number of ether oxygens (including phenoxy) is 1. The van der Waals surface area contributed by atoms with E-state index < -0.39 is 23.4 Å². The summed E-state index contributed by atoms with van der Waals surface area (Å²) in [5.74, 6) is -1.26. The van der Waals surface area contributed by atoms with Gasteiger partial charge in [0.2, 0.25) is 0 Å². The number of esters is 1. The average molecular weight is 337 g/mol. The van der Waals surface area contributed by atoms with Gasteiger partial charge in [0.15, 0.2) is 12.4 Å². The molecule has 0 spiro atoms. The summed E-state index contributed by atoms with van der Waals surface area (Å²) < 4.78 is 9.34. The van der Waals surface area contributed by atoms with E-state index in [4.69, 9.17) is 4.74 Å². The van der Waals surface area contributed by atoms with Gasteiger partial charge in [0.05, 0.1) is 15.4 Å². The van der Waals surface area contributed by atoms with Crippen LogP contribution >= 0.6 is 11.8 Å².